The van der Waals surface area contributed by atoms with Crippen molar-refractivity contribution in [1.29, 1.82) is 0 Å². The van der Waals surface area contributed by atoms with Crippen molar-refractivity contribution < 1.29 is 19.1 Å². The summed E-state index contributed by atoms with van der Waals surface area (Å²) in [6.45, 7) is 3.34. The molecule has 2 aromatic rings. The Kier molecular flexibility index (Phi) is 5.61. The van der Waals surface area contributed by atoms with Gasteiger partial charge in [-0.1, -0.05) is 36.4 Å². The first-order chi connectivity index (χ1) is 12.2. The number of hydrogen-bond donors (Lipinski definition) is 0. The largest absolute Gasteiger partial charge is 0.463 e. The highest BCUT2D eigenvalue weighted by Gasteiger charge is 2.24. The molecule has 1 fully saturated rings. The Morgan fingerprint density at radius 3 is 2.68 bits per heavy atom. The van der Waals surface area contributed by atoms with Crippen molar-refractivity contribution in [2.24, 2.45) is 5.92 Å². The molecule has 4 heteroatoms. The fraction of sp³-hybridized carbons (Fsp3) is 0.333. The summed E-state index contributed by atoms with van der Waals surface area (Å²) in [5.74, 6) is -0.304. The van der Waals surface area contributed by atoms with Crippen molar-refractivity contribution in [1.82, 2.24) is 0 Å². The zero-order chi connectivity index (χ0) is 17.6. The first kappa shape index (κ1) is 17.4. The molecule has 25 heavy (non-hydrogen) atoms. The lowest BCUT2D eigenvalue weighted by Crippen LogP contribution is -2.24. The second-order valence-electron chi connectivity index (χ2n) is 6.08. The number of esters is 1. The topological polar surface area (TPSA) is 52.6 Å². The van der Waals surface area contributed by atoms with Crippen LogP contribution < -0.4 is 0 Å². The molecular weight excluding hydrogens is 316 g/mol. The van der Waals surface area contributed by atoms with E-state index in [9.17, 15) is 9.59 Å². The Bertz CT molecular complexity index is 801. The van der Waals surface area contributed by atoms with E-state index in [0.29, 0.717) is 25.4 Å². The molecular formula is C21H22O4. The number of hydrogen-bond acceptors (Lipinski definition) is 4. The number of ketones is 1. The summed E-state index contributed by atoms with van der Waals surface area (Å²) >= 11 is 0. The molecule has 1 heterocycles. The van der Waals surface area contributed by atoms with Crippen LogP contribution in [-0.2, 0) is 14.3 Å². The maximum Gasteiger partial charge on any atom is 0.330 e. The summed E-state index contributed by atoms with van der Waals surface area (Å²) in [6.07, 6.45) is 4.58. The minimum absolute atomic E-state index is 0.0235. The molecule has 3 rings (SSSR count). The van der Waals surface area contributed by atoms with E-state index in [0.717, 1.165) is 29.2 Å². The molecule has 0 aromatic heterocycles. The van der Waals surface area contributed by atoms with Crippen LogP contribution in [-0.4, -0.2) is 31.6 Å². The number of carbonyl (C=O) groups is 2. The Morgan fingerprint density at radius 1 is 1.16 bits per heavy atom. The van der Waals surface area contributed by atoms with Crippen LogP contribution in [0.1, 0.15) is 35.7 Å². The third-order valence-electron chi connectivity index (χ3n) is 4.50. The lowest BCUT2D eigenvalue weighted by atomic mass is 9.87. The van der Waals surface area contributed by atoms with Gasteiger partial charge in [0.25, 0.3) is 0 Å². The summed E-state index contributed by atoms with van der Waals surface area (Å²) in [7, 11) is 0. The third kappa shape index (κ3) is 3.97. The lowest BCUT2D eigenvalue weighted by Gasteiger charge is -2.22. The van der Waals surface area contributed by atoms with Crippen molar-refractivity contribution in [3.05, 3.63) is 53.6 Å². The molecule has 0 saturated carbocycles. The quantitative estimate of drug-likeness (QED) is 0.469. The lowest BCUT2D eigenvalue weighted by molar-refractivity contribution is -0.137. The van der Waals surface area contributed by atoms with Crippen LogP contribution in [0.2, 0.25) is 0 Å². The second kappa shape index (κ2) is 8.08. The maximum absolute atomic E-state index is 13.0. The molecule has 2 aromatic carbocycles. The van der Waals surface area contributed by atoms with Crippen LogP contribution >= 0.6 is 0 Å². The van der Waals surface area contributed by atoms with E-state index in [4.69, 9.17) is 9.47 Å². The first-order valence-electron chi connectivity index (χ1n) is 8.69. The van der Waals surface area contributed by atoms with Crippen LogP contribution in [0, 0.1) is 5.92 Å². The summed E-state index contributed by atoms with van der Waals surface area (Å²) in [5, 5.41) is 2.00. The van der Waals surface area contributed by atoms with E-state index in [2.05, 4.69) is 0 Å². The third-order valence-corrected chi connectivity index (χ3v) is 4.50. The maximum atomic E-state index is 13.0. The molecule has 1 aliphatic rings. The minimum atomic E-state index is -0.403. The molecule has 0 spiro atoms. The van der Waals surface area contributed by atoms with Crippen LogP contribution in [0.15, 0.2) is 42.5 Å². The molecule has 1 saturated heterocycles. The van der Waals surface area contributed by atoms with E-state index in [1.54, 1.807) is 13.0 Å². The zero-order valence-corrected chi connectivity index (χ0v) is 14.4. The molecule has 0 aliphatic carbocycles. The molecule has 4 nitrogen and oxygen atoms in total. The summed E-state index contributed by atoms with van der Waals surface area (Å²) in [4.78, 5) is 24.8. The Balaban J connectivity index is 2.03. The van der Waals surface area contributed by atoms with E-state index < -0.39 is 5.97 Å². The predicted molar refractivity (Wildman–Crippen MR) is 97.5 cm³/mol. The molecule has 1 aliphatic heterocycles. The minimum Gasteiger partial charge on any atom is -0.463 e. The molecule has 0 unspecified atom stereocenters. The van der Waals surface area contributed by atoms with Crippen LogP contribution in [0.25, 0.3) is 16.8 Å². The van der Waals surface area contributed by atoms with Gasteiger partial charge in [-0.05, 0) is 42.2 Å². The second-order valence-corrected chi connectivity index (χ2v) is 6.08. The first-order valence-corrected chi connectivity index (χ1v) is 8.69. The van der Waals surface area contributed by atoms with Crippen molar-refractivity contribution in [3.8, 4) is 0 Å². The summed E-state index contributed by atoms with van der Waals surface area (Å²) in [5.41, 5.74) is 1.44. The smallest absolute Gasteiger partial charge is 0.330 e. The van der Waals surface area contributed by atoms with Gasteiger partial charge in [0.2, 0.25) is 0 Å². The Labute approximate surface area is 147 Å². The standard InChI is InChI=1S/C21H22O4/c1-2-25-20(22)10-9-18-17-6-4-3-5-15(17)7-8-19(18)21(23)16-11-13-24-14-12-16/h3-10,16H,2,11-14H2,1H3/b10-9+. The molecule has 0 bridgehead atoms. The SMILES string of the molecule is CCOC(=O)/C=C/c1c(C(=O)C2CCOCC2)ccc2ccccc12. The van der Waals surface area contributed by atoms with Gasteiger partial charge in [-0.2, -0.15) is 0 Å². The highest BCUT2D eigenvalue weighted by molar-refractivity contribution is 6.08. The molecule has 130 valence electrons. The Hall–Kier alpha value is -2.46. The number of ether oxygens (including phenoxy) is 2. The van der Waals surface area contributed by atoms with Crippen LogP contribution in [0.5, 0.6) is 0 Å². The van der Waals surface area contributed by atoms with Crippen molar-refractivity contribution in [2.45, 2.75) is 19.8 Å². The van der Waals surface area contributed by atoms with Crippen molar-refractivity contribution in [3.63, 3.8) is 0 Å². The number of rotatable bonds is 5. The molecule has 0 radical (unpaired) electrons. The van der Waals surface area contributed by atoms with Gasteiger partial charge in [0, 0.05) is 30.8 Å². The fourth-order valence-corrected chi connectivity index (χ4v) is 3.21. The summed E-state index contributed by atoms with van der Waals surface area (Å²) in [6, 6.07) is 11.7. The van der Waals surface area contributed by atoms with Crippen molar-refractivity contribution >= 4 is 28.6 Å². The van der Waals surface area contributed by atoms with Gasteiger partial charge >= 0.3 is 5.97 Å². The number of Topliss-reactive ketones (excluding diaryl/α,β-unsaturated/α-hetero) is 1. The molecule has 0 amide bonds. The van der Waals surface area contributed by atoms with Crippen LogP contribution in [0.3, 0.4) is 0 Å². The van der Waals surface area contributed by atoms with E-state index in [-0.39, 0.29) is 11.7 Å². The average Bonchev–Trinajstić information content (AvgIpc) is 2.66. The van der Waals surface area contributed by atoms with Crippen molar-refractivity contribution in [2.75, 3.05) is 19.8 Å². The van der Waals surface area contributed by atoms with E-state index in [1.807, 2.05) is 36.4 Å². The van der Waals surface area contributed by atoms with E-state index >= 15 is 0 Å². The zero-order valence-electron chi connectivity index (χ0n) is 14.4. The van der Waals surface area contributed by atoms with Crippen LogP contribution in [0.4, 0.5) is 0 Å². The number of carbonyl (C=O) groups excluding carboxylic acids is 2. The van der Waals surface area contributed by atoms with Gasteiger partial charge in [0.05, 0.1) is 6.61 Å². The van der Waals surface area contributed by atoms with Gasteiger partial charge in [-0.3, -0.25) is 4.79 Å². The normalized spacial score (nSPS) is 15.6. The van der Waals surface area contributed by atoms with Gasteiger partial charge in [0.1, 0.15) is 0 Å². The highest BCUT2D eigenvalue weighted by Crippen LogP contribution is 2.28. The summed E-state index contributed by atoms with van der Waals surface area (Å²) < 4.78 is 10.3. The average molecular weight is 338 g/mol. The van der Waals surface area contributed by atoms with Gasteiger partial charge in [-0.25, -0.2) is 4.79 Å². The predicted octanol–water partition coefficient (Wildman–Crippen LogP) is 4.03. The molecule has 0 atom stereocenters. The number of benzene rings is 2. The van der Waals surface area contributed by atoms with Gasteiger partial charge in [-0.15, -0.1) is 0 Å². The van der Waals surface area contributed by atoms with E-state index in [1.165, 1.54) is 6.08 Å². The Morgan fingerprint density at radius 2 is 1.92 bits per heavy atom. The monoisotopic (exact) mass is 338 g/mol. The fourth-order valence-electron chi connectivity index (χ4n) is 3.21. The highest BCUT2D eigenvalue weighted by atomic mass is 16.5. The van der Waals surface area contributed by atoms with Gasteiger partial charge < -0.3 is 9.47 Å². The number of fused-ring (bicyclic) bond motifs is 1. The molecule has 0 N–H and O–H groups in total. The van der Waals surface area contributed by atoms with Gasteiger partial charge in [0.15, 0.2) is 5.78 Å².